The number of amides is 1. The van der Waals surface area contributed by atoms with Crippen LogP contribution < -0.4 is 15.7 Å². The molecule has 1 amide bonds. The molecule has 0 aliphatic carbocycles. The van der Waals surface area contributed by atoms with Gasteiger partial charge in [0.1, 0.15) is 11.3 Å². The zero-order valence-electron chi connectivity index (χ0n) is 18.0. The van der Waals surface area contributed by atoms with Gasteiger partial charge in [-0.05, 0) is 42.9 Å². The van der Waals surface area contributed by atoms with Gasteiger partial charge < -0.3 is 9.15 Å². The highest BCUT2D eigenvalue weighted by Gasteiger charge is 2.22. The number of rotatable bonds is 6. The highest BCUT2D eigenvalue weighted by molar-refractivity contribution is 7.13. The average Bonchev–Trinajstić information content (AvgIpc) is 3.11. The van der Waals surface area contributed by atoms with E-state index in [0.29, 0.717) is 28.3 Å². The second kappa shape index (κ2) is 9.20. The molecule has 1 fully saturated rings. The summed E-state index contributed by atoms with van der Waals surface area (Å²) in [5, 5.41) is 6.20. The van der Waals surface area contributed by atoms with Gasteiger partial charge in [-0.25, -0.2) is 9.78 Å². The minimum atomic E-state index is -0.409. The van der Waals surface area contributed by atoms with E-state index in [1.807, 2.05) is 18.4 Å². The quantitative estimate of drug-likeness (QED) is 0.581. The first-order valence-corrected chi connectivity index (χ1v) is 11.4. The van der Waals surface area contributed by atoms with Crippen LogP contribution in [0.15, 0.2) is 38.9 Å². The van der Waals surface area contributed by atoms with E-state index >= 15 is 0 Å². The van der Waals surface area contributed by atoms with E-state index in [-0.39, 0.29) is 12.5 Å². The summed E-state index contributed by atoms with van der Waals surface area (Å²) >= 11 is 1.42. The van der Waals surface area contributed by atoms with Crippen LogP contribution in [-0.2, 0) is 11.3 Å². The molecule has 2 aromatic heterocycles. The summed E-state index contributed by atoms with van der Waals surface area (Å²) in [6.45, 7) is 9.25. The van der Waals surface area contributed by atoms with Crippen LogP contribution in [0.25, 0.3) is 11.0 Å². The number of anilines is 1. The molecule has 0 radical (unpaired) electrons. The number of benzene rings is 1. The maximum atomic E-state index is 12.3. The number of thiazole rings is 1. The van der Waals surface area contributed by atoms with Crippen molar-refractivity contribution in [3.63, 3.8) is 0 Å². The second-order valence-corrected chi connectivity index (χ2v) is 9.39. The number of likely N-dealkylation sites (tertiary alicyclic amines) is 1. The summed E-state index contributed by atoms with van der Waals surface area (Å²) in [5.74, 6) is 1.58. The first kappa shape index (κ1) is 21.5. The van der Waals surface area contributed by atoms with Crippen molar-refractivity contribution < 1.29 is 13.9 Å². The van der Waals surface area contributed by atoms with Gasteiger partial charge in [0, 0.05) is 42.5 Å². The Bertz CT molecular complexity index is 1130. The van der Waals surface area contributed by atoms with E-state index in [1.165, 1.54) is 23.8 Å². The van der Waals surface area contributed by atoms with Gasteiger partial charge in [-0.1, -0.05) is 13.8 Å². The van der Waals surface area contributed by atoms with E-state index in [1.54, 1.807) is 12.1 Å². The molecule has 1 aromatic carbocycles. The molecule has 0 spiro atoms. The molecule has 0 saturated carbocycles. The first-order valence-electron chi connectivity index (χ1n) is 10.5. The smallest absolute Gasteiger partial charge is 0.336 e. The van der Waals surface area contributed by atoms with E-state index < -0.39 is 5.63 Å². The molecule has 8 heteroatoms. The lowest BCUT2D eigenvalue weighted by Gasteiger charge is -2.34. The van der Waals surface area contributed by atoms with Crippen LogP contribution in [0.5, 0.6) is 5.75 Å². The van der Waals surface area contributed by atoms with E-state index in [0.717, 1.165) is 36.3 Å². The molecule has 1 aliphatic heterocycles. The third-order valence-electron chi connectivity index (χ3n) is 5.42. The SMILES string of the molecule is Cc1cc(=O)oc2cc(OCC(=O)Nc3nc(CN4C[C@H](C)C[C@@H](C)C4)cs3)ccc12. The third kappa shape index (κ3) is 5.51. The van der Waals surface area contributed by atoms with E-state index in [4.69, 9.17) is 9.15 Å². The Morgan fingerprint density at radius 3 is 2.84 bits per heavy atom. The summed E-state index contributed by atoms with van der Waals surface area (Å²) in [4.78, 5) is 30.8. The zero-order chi connectivity index (χ0) is 22.0. The molecule has 1 aliphatic rings. The molecule has 0 unspecified atom stereocenters. The van der Waals surface area contributed by atoms with Crippen LogP contribution in [-0.4, -0.2) is 35.5 Å². The summed E-state index contributed by atoms with van der Waals surface area (Å²) in [6.07, 6.45) is 1.28. The topological polar surface area (TPSA) is 84.7 Å². The summed E-state index contributed by atoms with van der Waals surface area (Å²) in [6, 6.07) is 6.64. The van der Waals surface area contributed by atoms with Crippen molar-refractivity contribution in [3.05, 3.63) is 51.3 Å². The van der Waals surface area contributed by atoms with Crippen molar-refractivity contribution in [2.75, 3.05) is 25.0 Å². The van der Waals surface area contributed by atoms with Gasteiger partial charge >= 0.3 is 5.63 Å². The highest BCUT2D eigenvalue weighted by atomic mass is 32.1. The number of piperidine rings is 1. The Labute approximate surface area is 185 Å². The van der Waals surface area contributed by atoms with Crippen molar-refractivity contribution >= 4 is 33.3 Å². The predicted molar refractivity (Wildman–Crippen MR) is 122 cm³/mol. The molecular weight excluding hydrogens is 414 g/mol. The molecule has 164 valence electrons. The van der Waals surface area contributed by atoms with E-state index in [2.05, 4.69) is 29.0 Å². The van der Waals surface area contributed by atoms with Crippen molar-refractivity contribution in [3.8, 4) is 5.75 Å². The minimum Gasteiger partial charge on any atom is -0.484 e. The fraction of sp³-hybridized carbons (Fsp3) is 0.435. The zero-order valence-corrected chi connectivity index (χ0v) is 18.8. The number of fused-ring (bicyclic) bond motifs is 1. The fourth-order valence-electron chi connectivity index (χ4n) is 4.29. The number of ether oxygens (including phenoxy) is 1. The van der Waals surface area contributed by atoms with Gasteiger partial charge in [-0.2, -0.15) is 0 Å². The number of nitrogens with one attached hydrogen (secondary N) is 1. The molecule has 1 saturated heterocycles. The van der Waals surface area contributed by atoms with E-state index in [9.17, 15) is 9.59 Å². The number of hydrogen-bond acceptors (Lipinski definition) is 7. The van der Waals surface area contributed by atoms with Gasteiger partial charge in [0.15, 0.2) is 11.7 Å². The van der Waals surface area contributed by atoms with Crippen molar-refractivity contribution in [1.29, 1.82) is 0 Å². The molecular formula is C23H27N3O4S. The standard InChI is InChI=1S/C23H27N3O4S/c1-14-6-15(2)10-26(9-14)11-17-13-31-23(24-17)25-21(27)12-29-18-4-5-19-16(3)7-22(28)30-20(19)8-18/h4-5,7-8,13-15H,6,9-12H2,1-3H3,(H,24,25,27)/t14-,15-/m1/s1. The van der Waals surface area contributed by atoms with Crippen LogP contribution in [0.3, 0.4) is 0 Å². The lowest BCUT2D eigenvalue weighted by atomic mass is 9.92. The molecule has 7 nitrogen and oxygen atoms in total. The third-order valence-corrected chi connectivity index (χ3v) is 6.23. The van der Waals surface area contributed by atoms with Crippen LogP contribution in [0.4, 0.5) is 5.13 Å². The fourth-order valence-corrected chi connectivity index (χ4v) is 5.00. The number of hydrogen-bond donors (Lipinski definition) is 1. The monoisotopic (exact) mass is 441 g/mol. The molecule has 3 aromatic rings. The average molecular weight is 442 g/mol. The molecule has 3 heterocycles. The highest BCUT2D eigenvalue weighted by Crippen LogP contribution is 2.24. The Morgan fingerprint density at radius 2 is 2.06 bits per heavy atom. The predicted octanol–water partition coefficient (Wildman–Crippen LogP) is 4.05. The van der Waals surface area contributed by atoms with Crippen LogP contribution in [0.1, 0.15) is 31.5 Å². The second-order valence-electron chi connectivity index (χ2n) is 8.53. The normalized spacial score (nSPS) is 19.5. The van der Waals surface area contributed by atoms with Crippen molar-refractivity contribution in [2.45, 2.75) is 33.7 Å². The summed E-state index contributed by atoms with van der Waals surface area (Å²) in [7, 11) is 0. The van der Waals surface area contributed by atoms with Gasteiger partial charge in [0.25, 0.3) is 5.91 Å². The number of carbonyl (C=O) groups is 1. The summed E-state index contributed by atoms with van der Waals surface area (Å²) in [5.41, 5.74) is 1.84. The molecule has 2 atom stereocenters. The maximum absolute atomic E-state index is 12.3. The van der Waals surface area contributed by atoms with Crippen molar-refractivity contribution in [1.82, 2.24) is 9.88 Å². The lowest BCUT2D eigenvalue weighted by Crippen LogP contribution is -2.38. The van der Waals surface area contributed by atoms with Crippen LogP contribution in [0, 0.1) is 18.8 Å². The van der Waals surface area contributed by atoms with Gasteiger partial charge in [-0.3, -0.25) is 15.0 Å². The van der Waals surface area contributed by atoms with Crippen molar-refractivity contribution in [2.24, 2.45) is 11.8 Å². The maximum Gasteiger partial charge on any atom is 0.336 e. The lowest BCUT2D eigenvalue weighted by molar-refractivity contribution is -0.118. The Kier molecular flexibility index (Phi) is 6.38. The van der Waals surface area contributed by atoms with Crippen LogP contribution >= 0.6 is 11.3 Å². The Morgan fingerprint density at radius 1 is 1.29 bits per heavy atom. The Hall–Kier alpha value is -2.71. The van der Waals surface area contributed by atoms with Gasteiger partial charge in [-0.15, -0.1) is 11.3 Å². The Balaban J connectivity index is 1.31. The number of nitrogens with zero attached hydrogens (tertiary/aromatic N) is 2. The minimum absolute atomic E-state index is 0.155. The molecule has 0 bridgehead atoms. The first-order chi connectivity index (χ1) is 14.9. The van der Waals surface area contributed by atoms with Crippen LogP contribution in [0.2, 0.25) is 0 Å². The number of aromatic nitrogens is 1. The molecule has 1 N–H and O–H groups in total. The summed E-state index contributed by atoms with van der Waals surface area (Å²) < 4.78 is 10.8. The number of carbonyl (C=O) groups excluding carboxylic acids is 1. The number of aryl methyl sites for hydroxylation is 1. The molecule has 4 rings (SSSR count). The largest absolute Gasteiger partial charge is 0.484 e. The van der Waals surface area contributed by atoms with Gasteiger partial charge in [0.05, 0.1) is 5.69 Å². The molecule has 31 heavy (non-hydrogen) atoms. The van der Waals surface area contributed by atoms with Gasteiger partial charge in [0.2, 0.25) is 0 Å².